The maximum absolute atomic E-state index is 3.70. The van der Waals surface area contributed by atoms with Gasteiger partial charge in [0, 0.05) is 30.2 Å². The Balaban J connectivity index is 2.15. The minimum Gasteiger partial charge on any atom is -0.309 e. The van der Waals surface area contributed by atoms with Crippen molar-refractivity contribution in [1.29, 1.82) is 0 Å². The molecule has 1 N–H and O–H groups in total. The molecule has 0 aromatic carbocycles. The van der Waals surface area contributed by atoms with E-state index < -0.39 is 0 Å². The SMILES string of the molecule is CC(C)C1CNC(C)(C)CN1C1(C)CCC1. The Kier molecular flexibility index (Phi) is 3.09. The normalized spacial score (nSPS) is 33.8. The molecular weight excluding hydrogens is 196 g/mol. The molecule has 0 amide bonds. The van der Waals surface area contributed by atoms with E-state index in [1.54, 1.807) is 0 Å². The van der Waals surface area contributed by atoms with Crippen molar-refractivity contribution < 1.29 is 0 Å². The number of nitrogens with zero attached hydrogens (tertiary/aromatic N) is 1. The molecule has 0 radical (unpaired) electrons. The predicted octanol–water partition coefficient (Wildman–Crippen LogP) is 2.64. The van der Waals surface area contributed by atoms with Crippen molar-refractivity contribution in [2.45, 2.75) is 71.0 Å². The Morgan fingerprint density at radius 1 is 1.19 bits per heavy atom. The van der Waals surface area contributed by atoms with Gasteiger partial charge in [-0.15, -0.1) is 0 Å². The highest BCUT2D eigenvalue weighted by Gasteiger charge is 2.46. The Morgan fingerprint density at radius 2 is 1.81 bits per heavy atom. The minimum atomic E-state index is 0.282. The van der Waals surface area contributed by atoms with Crippen LogP contribution in [0.25, 0.3) is 0 Å². The summed E-state index contributed by atoms with van der Waals surface area (Å²) >= 11 is 0. The average Bonchev–Trinajstić information content (AvgIpc) is 2.12. The van der Waals surface area contributed by atoms with Gasteiger partial charge in [0.1, 0.15) is 0 Å². The zero-order valence-corrected chi connectivity index (χ0v) is 11.6. The summed E-state index contributed by atoms with van der Waals surface area (Å²) < 4.78 is 0. The zero-order chi connectivity index (χ0) is 12.0. The molecule has 1 saturated heterocycles. The van der Waals surface area contributed by atoms with E-state index in [-0.39, 0.29) is 5.54 Å². The van der Waals surface area contributed by atoms with E-state index in [0.29, 0.717) is 5.54 Å². The van der Waals surface area contributed by atoms with E-state index in [9.17, 15) is 0 Å². The van der Waals surface area contributed by atoms with Crippen LogP contribution in [0.2, 0.25) is 0 Å². The predicted molar refractivity (Wildman–Crippen MR) is 69.7 cm³/mol. The summed E-state index contributed by atoms with van der Waals surface area (Å²) in [7, 11) is 0. The summed E-state index contributed by atoms with van der Waals surface area (Å²) in [6.45, 7) is 14.2. The van der Waals surface area contributed by atoms with Gasteiger partial charge in [-0.05, 0) is 46.0 Å². The Bertz CT molecular complexity index is 253. The summed E-state index contributed by atoms with van der Waals surface area (Å²) in [5.74, 6) is 0.751. The molecule has 0 bridgehead atoms. The maximum Gasteiger partial charge on any atom is 0.0253 e. The van der Waals surface area contributed by atoms with Gasteiger partial charge in [0.25, 0.3) is 0 Å². The highest BCUT2D eigenvalue weighted by molar-refractivity contribution is 5.03. The van der Waals surface area contributed by atoms with Crippen LogP contribution in [0.1, 0.15) is 53.9 Å². The first-order valence-electron chi connectivity index (χ1n) is 6.86. The van der Waals surface area contributed by atoms with Gasteiger partial charge in [-0.3, -0.25) is 4.90 Å². The maximum atomic E-state index is 3.70. The number of piperazine rings is 1. The first kappa shape index (κ1) is 12.4. The van der Waals surface area contributed by atoms with Crippen LogP contribution in [0.4, 0.5) is 0 Å². The van der Waals surface area contributed by atoms with E-state index in [1.807, 2.05) is 0 Å². The molecule has 2 nitrogen and oxygen atoms in total. The summed E-state index contributed by atoms with van der Waals surface area (Å²) in [6.07, 6.45) is 4.21. The molecule has 1 unspecified atom stereocenters. The van der Waals surface area contributed by atoms with Crippen molar-refractivity contribution in [1.82, 2.24) is 10.2 Å². The standard InChI is InChI=1S/C14H28N2/c1-11(2)12-9-15-13(3,4)10-16(12)14(5)7-6-8-14/h11-12,15H,6-10H2,1-5H3. The second-order valence-corrected chi connectivity index (χ2v) is 7.05. The summed E-state index contributed by atoms with van der Waals surface area (Å²) in [5.41, 5.74) is 0.776. The lowest BCUT2D eigenvalue weighted by Crippen LogP contribution is -2.69. The van der Waals surface area contributed by atoms with Gasteiger partial charge in [0.15, 0.2) is 0 Å². The molecule has 1 saturated carbocycles. The second-order valence-electron chi connectivity index (χ2n) is 7.05. The monoisotopic (exact) mass is 224 g/mol. The molecule has 2 heteroatoms. The lowest BCUT2D eigenvalue weighted by molar-refractivity contribution is -0.0563. The largest absolute Gasteiger partial charge is 0.309 e. The smallest absolute Gasteiger partial charge is 0.0253 e. The number of hydrogen-bond donors (Lipinski definition) is 1. The van der Waals surface area contributed by atoms with Crippen molar-refractivity contribution in [2.24, 2.45) is 5.92 Å². The molecule has 0 spiro atoms. The van der Waals surface area contributed by atoms with Crippen LogP contribution in [0.3, 0.4) is 0 Å². The van der Waals surface area contributed by atoms with E-state index in [2.05, 4.69) is 44.8 Å². The van der Waals surface area contributed by atoms with Crippen LogP contribution in [0, 0.1) is 5.92 Å². The Morgan fingerprint density at radius 3 is 2.25 bits per heavy atom. The topological polar surface area (TPSA) is 15.3 Å². The van der Waals surface area contributed by atoms with Gasteiger partial charge in [-0.25, -0.2) is 0 Å². The minimum absolute atomic E-state index is 0.282. The molecular formula is C14H28N2. The molecule has 1 atom stereocenters. The van der Waals surface area contributed by atoms with Gasteiger partial charge >= 0.3 is 0 Å². The summed E-state index contributed by atoms with van der Waals surface area (Å²) in [6, 6.07) is 0.721. The number of nitrogens with one attached hydrogen (secondary N) is 1. The molecule has 1 aliphatic heterocycles. The third-order valence-corrected chi connectivity index (χ3v) is 4.65. The molecule has 2 rings (SSSR count). The van der Waals surface area contributed by atoms with Gasteiger partial charge in [-0.2, -0.15) is 0 Å². The highest BCUT2D eigenvalue weighted by Crippen LogP contribution is 2.41. The van der Waals surface area contributed by atoms with Crippen molar-refractivity contribution >= 4 is 0 Å². The third kappa shape index (κ3) is 2.14. The fourth-order valence-electron chi connectivity index (χ4n) is 3.25. The first-order chi connectivity index (χ1) is 7.34. The molecule has 0 aromatic rings. The van der Waals surface area contributed by atoms with Crippen molar-refractivity contribution in [2.75, 3.05) is 13.1 Å². The third-order valence-electron chi connectivity index (χ3n) is 4.65. The molecule has 1 aliphatic carbocycles. The number of hydrogen-bond acceptors (Lipinski definition) is 2. The van der Waals surface area contributed by atoms with Gasteiger partial charge in [0.2, 0.25) is 0 Å². The molecule has 94 valence electrons. The van der Waals surface area contributed by atoms with E-state index in [0.717, 1.165) is 18.5 Å². The van der Waals surface area contributed by atoms with Crippen LogP contribution in [-0.4, -0.2) is 35.1 Å². The lowest BCUT2D eigenvalue weighted by atomic mass is 9.74. The highest BCUT2D eigenvalue weighted by atomic mass is 15.3. The fraction of sp³-hybridized carbons (Fsp3) is 1.00. The first-order valence-corrected chi connectivity index (χ1v) is 6.86. The molecule has 16 heavy (non-hydrogen) atoms. The van der Waals surface area contributed by atoms with Crippen molar-refractivity contribution in [3.8, 4) is 0 Å². The summed E-state index contributed by atoms with van der Waals surface area (Å²) in [4.78, 5) is 2.80. The van der Waals surface area contributed by atoms with Crippen LogP contribution >= 0.6 is 0 Å². The Hall–Kier alpha value is -0.0800. The summed E-state index contributed by atoms with van der Waals surface area (Å²) in [5, 5.41) is 3.70. The van der Waals surface area contributed by atoms with E-state index in [1.165, 1.54) is 25.8 Å². The van der Waals surface area contributed by atoms with Crippen LogP contribution in [-0.2, 0) is 0 Å². The van der Waals surface area contributed by atoms with Crippen LogP contribution in [0.5, 0.6) is 0 Å². The Labute approximate surface area is 101 Å². The fourth-order valence-corrected chi connectivity index (χ4v) is 3.25. The van der Waals surface area contributed by atoms with Crippen molar-refractivity contribution in [3.63, 3.8) is 0 Å². The van der Waals surface area contributed by atoms with E-state index in [4.69, 9.17) is 0 Å². The molecule has 1 heterocycles. The quantitative estimate of drug-likeness (QED) is 0.776. The van der Waals surface area contributed by atoms with Crippen molar-refractivity contribution in [3.05, 3.63) is 0 Å². The zero-order valence-electron chi connectivity index (χ0n) is 11.6. The van der Waals surface area contributed by atoms with E-state index >= 15 is 0 Å². The van der Waals surface area contributed by atoms with Gasteiger partial charge < -0.3 is 5.32 Å². The molecule has 2 fully saturated rings. The molecule has 2 aliphatic rings. The second kappa shape index (κ2) is 3.99. The van der Waals surface area contributed by atoms with Crippen LogP contribution < -0.4 is 5.32 Å². The average molecular weight is 224 g/mol. The van der Waals surface area contributed by atoms with Crippen LogP contribution in [0.15, 0.2) is 0 Å². The number of rotatable bonds is 2. The lowest BCUT2D eigenvalue weighted by Gasteiger charge is -2.57. The van der Waals surface area contributed by atoms with Gasteiger partial charge in [0.05, 0.1) is 0 Å². The molecule has 0 aromatic heterocycles. The van der Waals surface area contributed by atoms with Gasteiger partial charge in [-0.1, -0.05) is 13.8 Å².